The van der Waals surface area contributed by atoms with Gasteiger partial charge in [-0.1, -0.05) is 24.3 Å². The first-order chi connectivity index (χ1) is 11.4. The van der Waals surface area contributed by atoms with E-state index in [2.05, 4.69) is 10.2 Å². The van der Waals surface area contributed by atoms with Crippen molar-refractivity contribution in [2.75, 3.05) is 5.73 Å². The van der Waals surface area contributed by atoms with Gasteiger partial charge in [0.2, 0.25) is 0 Å². The van der Waals surface area contributed by atoms with Gasteiger partial charge in [0.15, 0.2) is 0 Å². The third kappa shape index (κ3) is 2.88. The van der Waals surface area contributed by atoms with E-state index in [1.165, 1.54) is 0 Å². The zero-order valence-electron chi connectivity index (χ0n) is 12.4. The molecule has 1 heterocycles. The van der Waals surface area contributed by atoms with Crippen LogP contribution in [0.25, 0.3) is 22.4 Å². The Hall–Kier alpha value is -3.09. The van der Waals surface area contributed by atoms with E-state index in [4.69, 9.17) is 11.1 Å². The van der Waals surface area contributed by atoms with Gasteiger partial charge in [-0.25, -0.2) is 0 Å². The zero-order chi connectivity index (χ0) is 17.3. The highest BCUT2D eigenvalue weighted by Crippen LogP contribution is 2.36. The lowest BCUT2D eigenvalue weighted by Crippen LogP contribution is -2.08. The number of aromatic nitrogens is 2. The molecule has 4 N–H and O–H groups in total. The molecule has 0 unspecified atom stereocenters. The van der Waals surface area contributed by atoms with Crippen molar-refractivity contribution >= 4 is 11.9 Å². The first-order valence-corrected chi connectivity index (χ1v) is 7.01. The number of aromatic amines is 1. The molecule has 0 fully saturated rings. The predicted octanol–water partition coefficient (Wildman–Crippen LogP) is 4.34. The van der Waals surface area contributed by atoms with Crippen LogP contribution >= 0.6 is 0 Å². The molecule has 0 atom stereocenters. The molecule has 0 amide bonds. The Morgan fingerprint density at radius 3 is 2.25 bits per heavy atom. The Bertz CT molecular complexity index is 866. The predicted molar refractivity (Wildman–Crippen MR) is 86.8 cm³/mol. The number of hydrogen-bond acceptors (Lipinski definition) is 3. The van der Waals surface area contributed by atoms with Gasteiger partial charge in [-0.15, -0.1) is 0 Å². The van der Waals surface area contributed by atoms with Crippen molar-refractivity contribution in [3.05, 3.63) is 59.8 Å². The number of H-pyrrole nitrogens is 1. The number of nitrogen functional groups attached to an aromatic ring is 1. The van der Waals surface area contributed by atoms with E-state index in [1.54, 1.807) is 36.5 Å². The van der Waals surface area contributed by atoms with Crippen LogP contribution in [-0.2, 0) is 6.18 Å². The minimum Gasteiger partial charge on any atom is -0.398 e. The smallest absolute Gasteiger partial charge is 0.398 e. The number of hydrogen-bond donors (Lipinski definition) is 3. The largest absolute Gasteiger partial charge is 0.416 e. The SMILES string of the molecule is N=Cc1c(N)cc(C(F)(F)F)cc1-c1ccc(-c2ccn[nH]2)cc1. The summed E-state index contributed by atoms with van der Waals surface area (Å²) in [5.41, 5.74) is 7.54. The van der Waals surface area contributed by atoms with Crippen LogP contribution < -0.4 is 5.73 Å². The molecule has 0 saturated heterocycles. The lowest BCUT2D eigenvalue weighted by atomic mass is 9.95. The highest BCUT2D eigenvalue weighted by atomic mass is 19.4. The molecule has 0 aliphatic heterocycles. The van der Waals surface area contributed by atoms with Crippen molar-refractivity contribution in [1.29, 1.82) is 5.41 Å². The second-order valence-electron chi connectivity index (χ2n) is 5.22. The Kier molecular flexibility index (Phi) is 3.84. The van der Waals surface area contributed by atoms with Crippen molar-refractivity contribution in [1.82, 2.24) is 10.2 Å². The minimum atomic E-state index is -4.50. The molecule has 4 nitrogen and oxygen atoms in total. The summed E-state index contributed by atoms with van der Waals surface area (Å²) in [5, 5.41) is 14.1. The van der Waals surface area contributed by atoms with Crippen molar-refractivity contribution < 1.29 is 13.2 Å². The highest BCUT2D eigenvalue weighted by Gasteiger charge is 2.32. The Balaban J connectivity index is 2.11. The third-order valence-electron chi connectivity index (χ3n) is 3.69. The van der Waals surface area contributed by atoms with E-state index in [-0.39, 0.29) is 16.8 Å². The van der Waals surface area contributed by atoms with Crippen LogP contribution in [0.4, 0.5) is 18.9 Å². The second kappa shape index (κ2) is 5.84. The lowest BCUT2D eigenvalue weighted by molar-refractivity contribution is -0.137. The van der Waals surface area contributed by atoms with Gasteiger partial charge < -0.3 is 11.1 Å². The molecule has 0 radical (unpaired) electrons. The number of halogens is 3. The monoisotopic (exact) mass is 330 g/mol. The van der Waals surface area contributed by atoms with E-state index in [1.807, 2.05) is 0 Å². The van der Waals surface area contributed by atoms with Crippen LogP contribution in [0.5, 0.6) is 0 Å². The van der Waals surface area contributed by atoms with E-state index in [0.29, 0.717) is 5.56 Å². The van der Waals surface area contributed by atoms with Crippen LogP contribution in [0.1, 0.15) is 11.1 Å². The zero-order valence-corrected chi connectivity index (χ0v) is 12.4. The molecule has 1 aromatic heterocycles. The van der Waals surface area contributed by atoms with Gasteiger partial charge >= 0.3 is 6.18 Å². The van der Waals surface area contributed by atoms with Crippen LogP contribution in [0, 0.1) is 5.41 Å². The van der Waals surface area contributed by atoms with Gasteiger partial charge in [-0.2, -0.15) is 18.3 Å². The minimum absolute atomic E-state index is 0.0764. The number of nitrogens with one attached hydrogen (secondary N) is 2. The highest BCUT2D eigenvalue weighted by molar-refractivity contribution is 5.95. The molecule has 0 spiro atoms. The lowest BCUT2D eigenvalue weighted by Gasteiger charge is -2.14. The van der Waals surface area contributed by atoms with Crippen molar-refractivity contribution in [2.45, 2.75) is 6.18 Å². The standard InChI is InChI=1S/C17H13F3N4/c18-17(19,20)12-7-13(14(9-21)15(22)8-12)10-1-3-11(4-2-10)16-5-6-23-24-16/h1-9,21H,22H2,(H,23,24). The summed E-state index contributed by atoms with van der Waals surface area (Å²) in [6.45, 7) is 0. The molecule has 3 aromatic rings. The van der Waals surface area contributed by atoms with Crippen LogP contribution in [0.15, 0.2) is 48.7 Å². The maximum Gasteiger partial charge on any atom is 0.416 e. The normalized spacial score (nSPS) is 11.5. The second-order valence-corrected chi connectivity index (χ2v) is 5.22. The van der Waals surface area contributed by atoms with Gasteiger partial charge in [0, 0.05) is 23.7 Å². The Morgan fingerprint density at radius 1 is 1.04 bits per heavy atom. The molecule has 3 rings (SSSR count). The summed E-state index contributed by atoms with van der Waals surface area (Å²) in [4.78, 5) is 0. The van der Waals surface area contributed by atoms with E-state index < -0.39 is 11.7 Å². The number of nitrogens with two attached hydrogens (primary N) is 1. The average molecular weight is 330 g/mol. The maximum atomic E-state index is 13.0. The molecular formula is C17H13F3N4. The Labute approximate surface area is 135 Å². The quantitative estimate of drug-likeness (QED) is 0.493. The summed E-state index contributed by atoms with van der Waals surface area (Å²) in [6, 6.07) is 10.6. The van der Waals surface area contributed by atoms with Gasteiger partial charge in [-0.05, 0) is 34.9 Å². The van der Waals surface area contributed by atoms with Crippen LogP contribution in [0.2, 0.25) is 0 Å². The molecule has 7 heteroatoms. The summed E-state index contributed by atoms with van der Waals surface area (Å²) in [7, 11) is 0. The molecule has 0 aliphatic rings. The van der Waals surface area contributed by atoms with Gasteiger partial charge in [-0.3, -0.25) is 5.10 Å². The molecular weight excluding hydrogens is 317 g/mol. The maximum absolute atomic E-state index is 13.0. The van der Waals surface area contributed by atoms with E-state index in [9.17, 15) is 13.2 Å². The Morgan fingerprint density at radius 2 is 1.71 bits per heavy atom. The number of nitrogens with zero attached hydrogens (tertiary/aromatic N) is 1. The molecule has 122 valence electrons. The number of alkyl halides is 3. The van der Waals surface area contributed by atoms with Crippen LogP contribution in [0.3, 0.4) is 0 Å². The van der Waals surface area contributed by atoms with Crippen LogP contribution in [-0.4, -0.2) is 16.4 Å². The van der Waals surface area contributed by atoms with E-state index >= 15 is 0 Å². The fourth-order valence-corrected chi connectivity index (χ4v) is 2.49. The topological polar surface area (TPSA) is 78.6 Å². The van der Waals surface area contributed by atoms with Gasteiger partial charge in [0.1, 0.15) is 0 Å². The molecule has 0 saturated carbocycles. The van der Waals surface area contributed by atoms with Gasteiger partial charge in [0.05, 0.1) is 11.3 Å². The molecule has 0 bridgehead atoms. The molecule has 0 aliphatic carbocycles. The first kappa shape index (κ1) is 15.8. The number of rotatable bonds is 3. The molecule has 24 heavy (non-hydrogen) atoms. The number of anilines is 1. The van der Waals surface area contributed by atoms with Gasteiger partial charge in [0.25, 0.3) is 0 Å². The summed E-state index contributed by atoms with van der Waals surface area (Å²) >= 11 is 0. The molecule has 2 aromatic carbocycles. The van der Waals surface area contributed by atoms with Crippen molar-refractivity contribution in [3.63, 3.8) is 0 Å². The van der Waals surface area contributed by atoms with Crippen molar-refractivity contribution in [3.8, 4) is 22.4 Å². The first-order valence-electron chi connectivity index (χ1n) is 7.01. The van der Waals surface area contributed by atoms with E-state index in [0.717, 1.165) is 29.6 Å². The van der Waals surface area contributed by atoms with Crippen molar-refractivity contribution in [2.24, 2.45) is 0 Å². The number of benzene rings is 2. The third-order valence-corrected chi connectivity index (χ3v) is 3.69. The fourth-order valence-electron chi connectivity index (χ4n) is 2.49. The summed E-state index contributed by atoms with van der Waals surface area (Å²) in [5.74, 6) is 0. The summed E-state index contributed by atoms with van der Waals surface area (Å²) < 4.78 is 39.1. The average Bonchev–Trinajstić information content (AvgIpc) is 3.08. The summed E-state index contributed by atoms with van der Waals surface area (Å²) in [6.07, 6.45) is -1.92. The fraction of sp³-hybridized carbons (Fsp3) is 0.0588.